The van der Waals surface area contributed by atoms with Crippen LogP contribution in [0.1, 0.15) is 41.0 Å². The van der Waals surface area contributed by atoms with Crippen molar-refractivity contribution in [2.24, 2.45) is 0 Å². The van der Waals surface area contributed by atoms with Crippen molar-refractivity contribution in [3.05, 3.63) is 104 Å². The minimum atomic E-state index is -0.751. The summed E-state index contributed by atoms with van der Waals surface area (Å²) in [5.41, 5.74) is 2.12. The standard InChI is InChI=1S/C35H36Cl3F2N5O2S/c1-35(2,23-5-8-26(36)27(37)18-23)30-20-42-34(44(30)24-6-9-28(39)29(19-24)47-3)48-21-22-4-7-25(32(40)31(22)38)33(46)41-10-14-45-15-11-43(12-16-45)13-17-45/h4-9,18-20H,10-17,21H2,1-3H3/p+1. The zero-order valence-corrected chi connectivity index (χ0v) is 30.0. The monoisotopic (exact) mass is 734 g/mol. The number of nitrogens with zero attached hydrogens (tertiary/aromatic N) is 4. The maximum atomic E-state index is 15.5. The van der Waals surface area contributed by atoms with Crippen LogP contribution in [0.2, 0.25) is 15.1 Å². The molecule has 4 aromatic rings. The molecule has 3 saturated heterocycles. The molecule has 3 fully saturated rings. The predicted molar refractivity (Wildman–Crippen MR) is 188 cm³/mol. The number of hydrogen-bond donors (Lipinski definition) is 1. The van der Waals surface area contributed by atoms with E-state index in [0.29, 0.717) is 33.0 Å². The maximum Gasteiger partial charge on any atom is 0.254 e. The second-order valence-corrected chi connectivity index (χ2v) is 15.0. The lowest BCUT2D eigenvalue weighted by Gasteiger charge is -2.50. The number of carbonyl (C=O) groups is 1. The van der Waals surface area contributed by atoms with E-state index in [2.05, 4.69) is 10.2 Å². The number of methoxy groups -OCH3 is 1. The van der Waals surface area contributed by atoms with Crippen LogP contribution in [0.5, 0.6) is 5.75 Å². The van der Waals surface area contributed by atoms with Gasteiger partial charge >= 0.3 is 0 Å². The van der Waals surface area contributed by atoms with Gasteiger partial charge in [-0.05, 0) is 41.5 Å². The van der Waals surface area contributed by atoms with Crippen LogP contribution < -0.4 is 10.1 Å². The Balaban J connectivity index is 1.23. The molecule has 48 heavy (non-hydrogen) atoms. The number of nitrogens with one attached hydrogen (secondary N) is 1. The van der Waals surface area contributed by atoms with Crippen molar-refractivity contribution in [2.45, 2.75) is 30.2 Å². The van der Waals surface area contributed by atoms with Crippen molar-refractivity contribution in [3.8, 4) is 11.4 Å². The van der Waals surface area contributed by atoms with Gasteiger partial charge in [0.05, 0.1) is 78.0 Å². The molecule has 13 heteroatoms. The molecule has 0 unspecified atom stereocenters. The summed E-state index contributed by atoms with van der Waals surface area (Å²) in [6.07, 6.45) is 1.76. The largest absolute Gasteiger partial charge is 0.494 e. The van der Waals surface area contributed by atoms with Crippen LogP contribution in [-0.4, -0.2) is 84.3 Å². The van der Waals surface area contributed by atoms with Gasteiger partial charge in [0.25, 0.3) is 5.91 Å². The Hall–Kier alpha value is -2.86. The Bertz CT molecular complexity index is 1830. The minimum absolute atomic E-state index is 0.0807. The first-order valence-electron chi connectivity index (χ1n) is 15.8. The minimum Gasteiger partial charge on any atom is -0.494 e. The van der Waals surface area contributed by atoms with E-state index >= 15 is 4.39 Å². The highest BCUT2D eigenvalue weighted by Crippen LogP contribution is 2.40. The average Bonchev–Trinajstić information content (AvgIpc) is 3.52. The van der Waals surface area contributed by atoms with Crippen molar-refractivity contribution in [3.63, 3.8) is 0 Å². The van der Waals surface area contributed by atoms with Crippen LogP contribution in [-0.2, 0) is 11.2 Å². The van der Waals surface area contributed by atoms with Gasteiger partial charge in [-0.1, -0.05) is 72.5 Å². The number of hydrogen-bond acceptors (Lipinski definition) is 5. The molecule has 7 rings (SSSR count). The second kappa shape index (κ2) is 14.2. The molecule has 0 aliphatic carbocycles. The number of fused-ring (bicyclic) bond motifs is 3. The van der Waals surface area contributed by atoms with Gasteiger partial charge in [0.1, 0.15) is 0 Å². The molecule has 3 aliphatic rings. The Kier molecular flexibility index (Phi) is 10.3. The molecule has 3 aromatic carbocycles. The zero-order chi connectivity index (χ0) is 34.2. The summed E-state index contributed by atoms with van der Waals surface area (Å²) < 4.78 is 38.2. The molecule has 4 heterocycles. The van der Waals surface area contributed by atoms with Gasteiger partial charge in [-0.25, -0.2) is 13.8 Å². The molecule has 1 aromatic heterocycles. The van der Waals surface area contributed by atoms with E-state index in [1.54, 1.807) is 30.5 Å². The lowest BCUT2D eigenvalue weighted by molar-refractivity contribution is -0.939. The number of aromatic nitrogens is 2. The van der Waals surface area contributed by atoms with E-state index < -0.39 is 23.0 Å². The number of carbonyl (C=O) groups excluding carboxylic acids is 1. The van der Waals surface area contributed by atoms with Crippen molar-refractivity contribution in [2.75, 3.05) is 59.5 Å². The summed E-state index contributed by atoms with van der Waals surface area (Å²) in [5.74, 6) is -1.38. The van der Waals surface area contributed by atoms with Gasteiger partial charge < -0.3 is 14.5 Å². The van der Waals surface area contributed by atoms with E-state index in [0.717, 1.165) is 61.6 Å². The molecule has 1 amide bonds. The van der Waals surface area contributed by atoms with Crippen molar-refractivity contribution in [1.29, 1.82) is 0 Å². The van der Waals surface area contributed by atoms with E-state index in [1.807, 2.05) is 30.5 Å². The Morgan fingerprint density at radius 1 is 1.02 bits per heavy atom. The number of halogens is 5. The Labute approximate surface area is 298 Å². The maximum absolute atomic E-state index is 15.5. The third-order valence-electron chi connectivity index (χ3n) is 9.71. The first-order chi connectivity index (χ1) is 22.9. The first kappa shape index (κ1) is 35.0. The van der Waals surface area contributed by atoms with E-state index in [1.165, 1.54) is 31.0 Å². The zero-order valence-electron chi connectivity index (χ0n) is 27.0. The van der Waals surface area contributed by atoms with Gasteiger partial charge in [0.15, 0.2) is 22.5 Å². The highest BCUT2D eigenvalue weighted by molar-refractivity contribution is 7.98. The number of imidazole rings is 1. The Morgan fingerprint density at radius 2 is 1.75 bits per heavy atom. The molecule has 0 spiro atoms. The fourth-order valence-electron chi connectivity index (χ4n) is 6.53. The number of ether oxygens (including phenoxy) is 1. The molecular formula is C35H37Cl3F2N5O2S+. The molecule has 0 saturated carbocycles. The van der Waals surface area contributed by atoms with Gasteiger partial charge in [0.2, 0.25) is 0 Å². The molecule has 254 valence electrons. The summed E-state index contributed by atoms with van der Waals surface area (Å²) in [6.45, 7) is 11.9. The average molecular weight is 736 g/mol. The molecule has 1 N–H and O–H groups in total. The lowest BCUT2D eigenvalue weighted by atomic mass is 9.81. The fourth-order valence-corrected chi connectivity index (χ4v) is 8.13. The van der Waals surface area contributed by atoms with Crippen LogP contribution in [0.3, 0.4) is 0 Å². The van der Waals surface area contributed by atoms with Gasteiger partial charge in [0, 0.05) is 36.9 Å². The number of piperazine rings is 3. The van der Waals surface area contributed by atoms with Crippen LogP contribution in [0.25, 0.3) is 5.69 Å². The third kappa shape index (κ3) is 6.93. The second-order valence-electron chi connectivity index (χ2n) is 12.9. The van der Waals surface area contributed by atoms with Crippen molar-refractivity contribution in [1.82, 2.24) is 19.8 Å². The van der Waals surface area contributed by atoms with Crippen LogP contribution >= 0.6 is 46.6 Å². The topological polar surface area (TPSA) is 59.4 Å². The lowest BCUT2D eigenvalue weighted by Crippen LogP contribution is -2.68. The molecular weight excluding hydrogens is 699 g/mol. The van der Waals surface area contributed by atoms with Crippen LogP contribution in [0, 0.1) is 11.6 Å². The SMILES string of the molecule is COc1cc(-n2c(C(C)(C)c3ccc(Cl)c(Cl)c3)cnc2SCc2ccc(C(=O)NCC[N+]34CCN(CC3)CC4)c(F)c2Cl)ccc1F. The number of thioether (sulfide) groups is 1. The smallest absolute Gasteiger partial charge is 0.254 e. The summed E-state index contributed by atoms with van der Waals surface area (Å²) in [7, 11) is 1.41. The summed E-state index contributed by atoms with van der Waals surface area (Å²) in [5, 5.41) is 4.23. The van der Waals surface area contributed by atoms with Crippen LogP contribution in [0.15, 0.2) is 59.9 Å². The number of benzene rings is 3. The van der Waals surface area contributed by atoms with E-state index in [9.17, 15) is 9.18 Å². The molecule has 0 radical (unpaired) electrons. The predicted octanol–water partition coefficient (Wildman–Crippen LogP) is 7.61. The molecule has 0 atom stereocenters. The third-order valence-corrected chi connectivity index (χ3v) is 11.9. The van der Waals surface area contributed by atoms with Crippen molar-refractivity contribution >= 4 is 52.5 Å². The number of amides is 1. The fraction of sp³-hybridized carbons (Fsp3) is 0.371. The number of quaternary nitrogens is 1. The molecule has 2 bridgehead atoms. The van der Waals surface area contributed by atoms with E-state index in [-0.39, 0.29) is 22.1 Å². The van der Waals surface area contributed by atoms with Gasteiger partial charge in [-0.15, -0.1) is 0 Å². The first-order valence-corrected chi connectivity index (χ1v) is 17.9. The quantitative estimate of drug-likeness (QED) is 0.127. The number of rotatable bonds is 11. The summed E-state index contributed by atoms with van der Waals surface area (Å²) in [6, 6.07) is 13.2. The summed E-state index contributed by atoms with van der Waals surface area (Å²) in [4.78, 5) is 20.2. The van der Waals surface area contributed by atoms with E-state index in [4.69, 9.17) is 44.5 Å². The molecule has 3 aliphatic heterocycles. The van der Waals surface area contributed by atoms with Gasteiger partial charge in [-0.3, -0.25) is 14.3 Å². The van der Waals surface area contributed by atoms with Crippen LogP contribution in [0.4, 0.5) is 8.78 Å². The normalized spacial score (nSPS) is 19.0. The van der Waals surface area contributed by atoms with Crippen molar-refractivity contribution < 1.29 is 22.8 Å². The highest BCUT2D eigenvalue weighted by Gasteiger charge is 2.38. The van der Waals surface area contributed by atoms with Gasteiger partial charge in [-0.2, -0.15) is 0 Å². The summed E-state index contributed by atoms with van der Waals surface area (Å²) >= 11 is 20.5. The highest BCUT2D eigenvalue weighted by atomic mass is 35.5. The molecule has 7 nitrogen and oxygen atoms in total. The Morgan fingerprint density at radius 3 is 2.44 bits per heavy atom.